The summed E-state index contributed by atoms with van der Waals surface area (Å²) in [5, 5.41) is 7.15. The molecule has 0 radical (unpaired) electrons. The van der Waals surface area contributed by atoms with Crippen LogP contribution in [0.25, 0.3) is 0 Å². The van der Waals surface area contributed by atoms with Crippen LogP contribution < -0.4 is 5.32 Å². The zero-order chi connectivity index (χ0) is 7.40. The average molecular weight is 176 g/mol. The molecule has 0 aliphatic heterocycles. The first-order chi connectivity index (χ1) is 4.84. The third kappa shape index (κ3) is 2.91. The third-order valence-corrected chi connectivity index (χ3v) is 1.55. The van der Waals surface area contributed by atoms with Gasteiger partial charge < -0.3 is 5.32 Å². The second-order valence-corrected chi connectivity index (χ2v) is 2.30. The number of likely N-dealkylation sites (N-methyl/N-ethyl adjacent to an activating group) is 1. The Bertz CT molecular complexity index is 197. The number of nitrogens with one attached hydrogen (secondary N) is 1. The average Bonchev–Trinajstić information content (AvgIpc) is 2.31. The van der Waals surface area contributed by atoms with Crippen LogP contribution in [0.3, 0.4) is 0 Å². The number of hydrogen-bond acceptors (Lipinski definition) is 2. The topological polar surface area (TPSA) is 29.9 Å². The quantitative estimate of drug-likeness (QED) is 0.730. The van der Waals surface area contributed by atoms with Crippen molar-refractivity contribution in [3.63, 3.8) is 0 Å². The molecule has 0 unspecified atom stereocenters. The lowest BCUT2D eigenvalue weighted by molar-refractivity contribution is 0.681. The Morgan fingerprint density at radius 2 is 2.36 bits per heavy atom. The van der Waals surface area contributed by atoms with Crippen molar-refractivity contribution in [2.75, 3.05) is 13.6 Å². The zero-order valence-corrected chi connectivity index (χ0v) is 7.69. The van der Waals surface area contributed by atoms with Crippen LogP contribution in [-0.2, 0) is 13.5 Å². The molecule has 3 nitrogen and oxygen atoms in total. The summed E-state index contributed by atoms with van der Waals surface area (Å²) < 4.78 is 1.90. The van der Waals surface area contributed by atoms with E-state index in [-0.39, 0.29) is 12.4 Å². The molecule has 64 valence electrons. The van der Waals surface area contributed by atoms with E-state index in [1.165, 1.54) is 5.69 Å². The molecular weight excluding hydrogens is 162 g/mol. The summed E-state index contributed by atoms with van der Waals surface area (Å²) in [6, 6.07) is 2.04. The Balaban J connectivity index is 0.000001000. The highest BCUT2D eigenvalue weighted by Crippen LogP contribution is 1.95. The molecule has 0 atom stereocenters. The van der Waals surface area contributed by atoms with Gasteiger partial charge in [-0.1, -0.05) is 0 Å². The van der Waals surface area contributed by atoms with Crippen LogP contribution in [-0.4, -0.2) is 23.4 Å². The fourth-order valence-corrected chi connectivity index (χ4v) is 0.900. The summed E-state index contributed by atoms with van der Waals surface area (Å²) in [6.45, 7) is 1.01. The van der Waals surface area contributed by atoms with Crippen molar-refractivity contribution >= 4 is 12.4 Å². The Labute approximate surface area is 73.2 Å². The Kier molecular flexibility index (Phi) is 4.90. The minimum absolute atomic E-state index is 0. The van der Waals surface area contributed by atoms with Crippen molar-refractivity contribution < 1.29 is 0 Å². The largest absolute Gasteiger partial charge is 0.319 e. The van der Waals surface area contributed by atoms with E-state index in [0.717, 1.165) is 13.0 Å². The fraction of sp³-hybridized carbons (Fsp3) is 0.571. The summed E-state index contributed by atoms with van der Waals surface area (Å²) in [6.07, 6.45) is 2.87. The van der Waals surface area contributed by atoms with Gasteiger partial charge in [0.2, 0.25) is 0 Å². The summed E-state index contributed by atoms with van der Waals surface area (Å²) in [5.41, 5.74) is 1.27. The molecule has 1 N–H and O–H groups in total. The van der Waals surface area contributed by atoms with Crippen molar-refractivity contribution in [2.45, 2.75) is 6.42 Å². The van der Waals surface area contributed by atoms with Crippen LogP contribution in [0.4, 0.5) is 0 Å². The van der Waals surface area contributed by atoms with E-state index in [1.54, 1.807) is 0 Å². The van der Waals surface area contributed by atoms with Crippen molar-refractivity contribution in [1.29, 1.82) is 0 Å². The smallest absolute Gasteiger partial charge is 0.0492 e. The summed E-state index contributed by atoms with van der Waals surface area (Å²) in [7, 11) is 3.92. The van der Waals surface area contributed by atoms with Gasteiger partial charge in [0.15, 0.2) is 0 Å². The van der Waals surface area contributed by atoms with E-state index >= 15 is 0 Å². The van der Waals surface area contributed by atoms with Crippen LogP contribution in [0.5, 0.6) is 0 Å². The first kappa shape index (κ1) is 10.5. The predicted molar refractivity (Wildman–Crippen MR) is 48.1 cm³/mol. The molecule has 0 bridgehead atoms. The molecule has 0 aliphatic rings. The number of aromatic nitrogens is 2. The molecule has 0 amide bonds. The lowest BCUT2D eigenvalue weighted by atomic mass is 10.3. The van der Waals surface area contributed by atoms with Crippen LogP contribution in [0.1, 0.15) is 5.69 Å². The maximum atomic E-state index is 4.06. The second-order valence-electron chi connectivity index (χ2n) is 2.30. The highest BCUT2D eigenvalue weighted by Gasteiger charge is 1.94. The minimum atomic E-state index is 0. The van der Waals surface area contributed by atoms with Crippen molar-refractivity contribution in [1.82, 2.24) is 15.1 Å². The summed E-state index contributed by atoms with van der Waals surface area (Å²) in [5.74, 6) is 0. The first-order valence-corrected chi connectivity index (χ1v) is 3.46. The number of nitrogens with zero attached hydrogens (tertiary/aromatic N) is 2. The molecule has 0 fully saturated rings. The Morgan fingerprint density at radius 3 is 2.82 bits per heavy atom. The van der Waals surface area contributed by atoms with Crippen molar-refractivity contribution in [2.24, 2.45) is 7.05 Å². The van der Waals surface area contributed by atoms with Crippen LogP contribution in [0.15, 0.2) is 12.3 Å². The molecule has 0 spiro atoms. The molecule has 0 saturated heterocycles. The molecule has 1 aromatic heterocycles. The molecular formula is C7H14ClN3. The standard InChI is InChI=1S/C7H13N3.ClH/c1-8-5-3-7-4-6-9-10(7)2;/h4,6,8H,3,5H2,1-2H3;1H. The fourth-order valence-electron chi connectivity index (χ4n) is 0.900. The van der Waals surface area contributed by atoms with Crippen molar-refractivity contribution in [3.05, 3.63) is 18.0 Å². The molecule has 1 heterocycles. The van der Waals surface area contributed by atoms with Crippen LogP contribution in [0.2, 0.25) is 0 Å². The van der Waals surface area contributed by atoms with Gasteiger partial charge in [0.1, 0.15) is 0 Å². The minimum Gasteiger partial charge on any atom is -0.319 e. The van der Waals surface area contributed by atoms with E-state index in [4.69, 9.17) is 0 Å². The van der Waals surface area contributed by atoms with Crippen LogP contribution in [0, 0.1) is 0 Å². The zero-order valence-electron chi connectivity index (χ0n) is 6.87. The Hall–Kier alpha value is -0.540. The maximum absolute atomic E-state index is 4.06. The second kappa shape index (κ2) is 5.16. The summed E-state index contributed by atoms with van der Waals surface area (Å²) >= 11 is 0. The van der Waals surface area contributed by atoms with E-state index in [2.05, 4.69) is 10.4 Å². The first-order valence-electron chi connectivity index (χ1n) is 3.46. The van der Waals surface area contributed by atoms with E-state index < -0.39 is 0 Å². The number of halogens is 1. The third-order valence-electron chi connectivity index (χ3n) is 1.55. The molecule has 1 rings (SSSR count). The van der Waals surface area contributed by atoms with Gasteiger partial charge in [0.25, 0.3) is 0 Å². The highest BCUT2D eigenvalue weighted by atomic mass is 35.5. The monoisotopic (exact) mass is 175 g/mol. The lowest BCUT2D eigenvalue weighted by Crippen LogP contribution is -2.12. The van der Waals surface area contributed by atoms with Gasteiger partial charge >= 0.3 is 0 Å². The molecule has 4 heteroatoms. The molecule has 0 saturated carbocycles. The molecule has 0 aliphatic carbocycles. The van der Waals surface area contributed by atoms with Gasteiger partial charge in [-0.05, 0) is 13.1 Å². The number of rotatable bonds is 3. The normalized spacial score (nSPS) is 9.27. The number of hydrogen-bond donors (Lipinski definition) is 1. The van der Waals surface area contributed by atoms with Crippen molar-refractivity contribution in [3.8, 4) is 0 Å². The summed E-state index contributed by atoms with van der Waals surface area (Å²) in [4.78, 5) is 0. The molecule has 1 aromatic rings. The molecule has 11 heavy (non-hydrogen) atoms. The number of aryl methyl sites for hydroxylation is 1. The molecule has 0 aromatic carbocycles. The van der Waals surface area contributed by atoms with Gasteiger partial charge in [0, 0.05) is 31.9 Å². The van der Waals surface area contributed by atoms with E-state index in [0.29, 0.717) is 0 Å². The lowest BCUT2D eigenvalue weighted by Gasteiger charge is -1.99. The van der Waals surface area contributed by atoms with Gasteiger partial charge in [-0.15, -0.1) is 12.4 Å². The maximum Gasteiger partial charge on any atom is 0.0492 e. The van der Waals surface area contributed by atoms with E-state index in [9.17, 15) is 0 Å². The SMILES string of the molecule is CNCCc1ccnn1C.Cl. The van der Waals surface area contributed by atoms with Gasteiger partial charge in [-0.2, -0.15) is 5.10 Å². The van der Waals surface area contributed by atoms with E-state index in [1.807, 2.05) is 31.0 Å². The van der Waals surface area contributed by atoms with Gasteiger partial charge in [-0.25, -0.2) is 0 Å². The van der Waals surface area contributed by atoms with Crippen LogP contribution >= 0.6 is 12.4 Å². The van der Waals surface area contributed by atoms with Gasteiger partial charge in [0.05, 0.1) is 0 Å². The predicted octanol–water partition coefficient (Wildman–Crippen LogP) is 0.604. The van der Waals surface area contributed by atoms with Gasteiger partial charge in [-0.3, -0.25) is 4.68 Å². The Morgan fingerprint density at radius 1 is 1.64 bits per heavy atom. The highest BCUT2D eigenvalue weighted by molar-refractivity contribution is 5.85.